The van der Waals surface area contributed by atoms with E-state index >= 15 is 0 Å². The number of hydrogen-bond acceptors (Lipinski definition) is 4. The molecule has 1 rings (SSSR count). The number of nitrogen functional groups attached to an aromatic ring is 1. The van der Waals surface area contributed by atoms with Gasteiger partial charge in [0.15, 0.2) is 11.9 Å². The number of carbonyl (C=O) groups excluding carboxylic acids is 1. The number of carboxylic acid groups (broad SMARTS) is 1. The second-order valence-corrected chi connectivity index (χ2v) is 4.05. The number of nitrogens with two attached hydrogens (primary N) is 1. The van der Waals surface area contributed by atoms with Crippen molar-refractivity contribution in [2.24, 2.45) is 0 Å². The Morgan fingerprint density at radius 2 is 2.11 bits per heavy atom. The van der Waals surface area contributed by atoms with E-state index in [1.54, 1.807) is 6.07 Å². The lowest BCUT2D eigenvalue weighted by molar-refractivity contribution is -0.145. The number of carboxylic acids is 1. The van der Waals surface area contributed by atoms with Crippen LogP contribution >= 0.6 is 0 Å². The van der Waals surface area contributed by atoms with Crippen LogP contribution in [-0.4, -0.2) is 23.0 Å². The van der Waals surface area contributed by atoms with Crippen molar-refractivity contribution in [3.8, 4) is 5.75 Å². The van der Waals surface area contributed by atoms with Crippen molar-refractivity contribution in [1.82, 2.24) is 0 Å². The van der Waals surface area contributed by atoms with Crippen LogP contribution < -0.4 is 10.5 Å². The van der Waals surface area contributed by atoms with Crippen molar-refractivity contribution in [2.75, 3.05) is 5.73 Å². The Labute approximate surface area is 106 Å². The minimum atomic E-state index is -1.04. The summed E-state index contributed by atoms with van der Waals surface area (Å²) >= 11 is 0. The minimum Gasteiger partial charge on any atom is -0.479 e. The van der Waals surface area contributed by atoms with Gasteiger partial charge in [-0.05, 0) is 31.5 Å². The third-order valence-corrected chi connectivity index (χ3v) is 2.48. The molecule has 98 valence electrons. The van der Waals surface area contributed by atoms with E-state index in [0.717, 1.165) is 0 Å². The number of aliphatic carboxylic acids is 1. The number of ether oxygens (including phenoxy) is 1. The second kappa shape index (κ2) is 6.05. The van der Waals surface area contributed by atoms with Crippen LogP contribution in [0.25, 0.3) is 0 Å². The molecule has 0 aliphatic rings. The normalized spacial score (nSPS) is 11.9. The molecule has 5 nitrogen and oxygen atoms in total. The highest BCUT2D eigenvalue weighted by Gasteiger charge is 2.20. The molecule has 0 saturated carbocycles. The molecule has 1 atom stereocenters. The number of rotatable bonds is 6. The van der Waals surface area contributed by atoms with Gasteiger partial charge >= 0.3 is 5.97 Å². The molecule has 0 aliphatic heterocycles. The van der Waals surface area contributed by atoms with E-state index in [2.05, 4.69) is 0 Å². The fraction of sp³-hybridized carbons (Fsp3) is 0.385. The zero-order valence-corrected chi connectivity index (χ0v) is 10.5. The predicted octanol–water partition coefficient (Wildman–Crippen LogP) is 2.10. The van der Waals surface area contributed by atoms with E-state index in [9.17, 15) is 9.59 Å². The minimum absolute atomic E-state index is 0.210. The van der Waals surface area contributed by atoms with Crippen molar-refractivity contribution >= 4 is 17.4 Å². The molecule has 0 amide bonds. The number of ketones is 1. The number of Topliss-reactive ketones (excluding diaryl/α,β-unsaturated/α-hetero) is 1. The molecule has 18 heavy (non-hydrogen) atoms. The van der Waals surface area contributed by atoms with E-state index in [1.807, 2.05) is 6.92 Å². The maximum Gasteiger partial charge on any atom is 0.344 e. The quantitative estimate of drug-likeness (QED) is 0.597. The summed E-state index contributed by atoms with van der Waals surface area (Å²) in [5.74, 6) is -0.987. The largest absolute Gasteiger partial charge is 0.479 e. The van der Waals surface area contributed by atoms with Crippen LogP contribution in [0.5, 0.6) is 5.75 Å². The van der Waals surface area contributed by atoms with E-state index in [4.69, 9.17) is 15.6 Å². The molecular weight excluding hydrogens is 234 g/mol. The lowest BCUT2D eigenvalue weighted by Crippen LogP contribution is -2.27. The Morgan fingerprint density at radius 3 is 2.61 bits per heavy atom. The molecule has 1 unspecified atom stereocenters. The molecule has 3 N–H and O–H groups in total. The van der Waals surface area contributed by atoms with E-state index in [0.29, 0.717) is 24.1 Å². The predicted molar refractivity (Wildman–Crippen MR) is 67.8 cm³/mol. The summed E-state index contributed by atoms with van der Waals surface area (Å²) in [5.41, 5.74) is 6.33. The zero-order valence-electron chi connectivity index (χ0n) is 10.5. The Morgan fingerprint density at radius 1 is 1.44 bits per heavy atom. The SMILES string of the molecule is CCCC(Oc1ccc(N)cc1C(C)=O)C(=O)O. The van der Waals surface area contributed by atoms with Crippen LogP contribution in [0.15, 0.2) is 18.2 Å². The third kappa shape index (κ3) is 3.48. The number of benzene rings is 1. The van der Waals surface area contributed by atoms with Gasteiger partial charge in [-0.15, -0.1) is 0 Å². The number of anilines is 1. The maximum atomic E-state index is 11.4. The van der Waals surface area contributed by atoms with E-state index < -0.39 is 12.1 Å². The standard InChI is InChI=1S/C13H17NO4/c1-3-4-12(13(16)17)18-11-6-5-9(14)7-10(11)8(2)15/h5-7,12H,3-4,14H2,1-2H3,(H,16,17). The van der Waals surface area contributed by atoms with Crippen LogP contribution in [0, 0.1) is 0 Å². The summed E-state index contributed by atoms with van der Waals surface area (Å²) in [7, 11) is 0. The molecule has 0 saturated heterocycles. The third-order valence-electron chi connectivity index (χ3n) is 2.48. The topological polar surface area (TPSA) is 89.6 Å². The molecule has 5 heteroatoms. The fourth-order valence-electron chi connectivity index (χ4n) is 1.57. The van der Waals surface area contributed by atoms with Gasteiger partial charge in [0.25, 0.3) is 0 Å². The summed E-state index contributed by atoms with van der Waals surface area (Å²) < 4.78 is 5.39. The van der Waals surface area contributed by atoms with Crippen molar-refractivity contribution in [1.29, 1.82) is 0 Å². The maximum absolute atomic E-state index is 11.4. The highest BCUT2D eigenvalue weighted by molar-refractivity contribution is 5.97. The molecule has 0 fully saturated rings. The van der Waals surface area contributed by atoms with Crippen LogP contribution in [0.3, 0.4) is 0 Å². The average molecular weight is 251 g/mol. The van der Waals surface area contributed by atoms with Gasteiger partial charge in [-0.25, -0.2) is 4.79 Å². The summed E-state index contributed by atoms with van der Waals surface area (Å²) in [6.07, 6.45) is 0.120. The Hall–Kier alpha value is -2.04. The molecule has 0 bridgehead atoms. The van der Waals surface area contributed by atoms with Crippen LogP contribution in [0.4, 0.5) is 5.69 Å². The van der Waals surface area contributed by atoms with Gasteiger partial charge in [0.2, 0.25) is 0 Å². The molecule has 0 aliphatic carbocycles. The molecule has 1 aromatic rings. The lowest BCUT2D eigenvalue weighted by Gasteiger charge is -2.16. The van der Waals surface area contributed by atoms with Gasteiger partial charge in [-0.2, -0.15) is 0 Å². The Bertz CT molecular complexity index is 456. The highest BCUT2D eigenvalue weighted by Crippen LogP contribution is 2.24. The molecule has 0 radical (unpaired) electrons. The fourth-order valence-corrected chi connectivity index (χ4v) is 1.57. The first-order valence-electron chi connectivity index (χ1n) is 5.75. The van der Waals surface area contributed by atoms with Crippen molar-refractivity contribution in [3.63, 3.8) is 0 Å². The Balaban J connectivity index is 3.01. The number of hydrogen-bond donors (Lipinski definition) is 2. The van der Waals surface area contributed by atoms with Crippen molar-refractivity contribution in [3.05, 3.63) is 23.8 Å². The van der Waals surface area contributed by atoms with Gasteiger partial charge in [0.05, 0.1) is 5.56 Å². The second-order valence-electron chi connectivity index (χ2n) is 4.05. The highest BCUT2D eigenvalue weighted by atomic mass is 16.5. The van der Waals surface area contributed by atoms with E-state index in [-0.39, 0.29) is 11.5 Å². The Kier molecular flexibility index (Phi) is 4.71. The smallest absolute Gasteiger partial charge is 0.344 e. The van der Waals surface area contributed by atoms with E-state index in [1.165, 1.54) is 19.1 Å². The van der Waals surface area contributed by atoms with Gasteiger partial charge in [0, 0.05) is 5.69 Å². The van der Waals surface area contributed by atoms with Gasteiger partial charge in [0.1, 0.15) is 5.75 Å². The van der Waals surface area contributed by atoms with Crippen LogP contribution in [-0.2, 0) is 4.79 Å². The summed E-state index contributed by atoms with van der Waals surface area (Å²) in [6.45, 7) is 3.26. The van der Waals surface area contributed by atoms with Crippen LogP contribution in [0.1, 0.15) is 37.0 Å². The van der Waals surface area contributed by atoms with Crippen molar-refractivity contribution < 1.29 is 19.4 Å². The van der Waals surface area contributed by atoms with Gasteiger partial charge in [-0.1, -0.05) is 13.3 Å². The van der Waals surface area contributed by atoms with Crippen molar-refractivity contribution in [2.45, 2.75) is 32.8 Å². The van der Waals surface area contributed by atoms with Gasteiger partial charge in [-0.3, -0.25) is 4.79 Å². The van der Waals surface area contributed by atoms with Crippen LogP contribution in [0.2, 0.25) is 0 Å². The average Bonchev–Trinajstić information content (AvgIpc) is 2.30. The summed E-state index contributed by atoms with van der Waals surface area (Å²) in [6, 6.07) is 4.59. The number of carbonyl (C=O) groups is 2. The molecule has 0 heterocycles. The first-order chi connectivity index (χ1) is 8.45. The molecular formula is C13H17NO4. The molecule has 0 aromatic heterocycles. The summed E-state index contributed by atoms with van der Waals surface area (Å²) in [5, 5.41) is 9.02. The molecule has 1 aromatic carbocycles. The lowest BCUT2D eigenvalue weighted by atomic mass is 10.1. The zero-order chi connectivity index (χ0) is 13.7. The monoisotopic (exact) mass is 251 g/mol. The first-order valence-corrected chi connectivity index (χ1v) is 5.75. The first kappa shape index (κ1) is 14.0. The van der Waals surface area contributed by atoms with Gasteiger partial charge < -0.3 is 15.6 Å². The molecule has 0 spiro atoms. The summed E-state index contributed by atoms with van der Waals surface area (Å²) in [4.78, 5) is 22.5.